The molecule has 164 valence electrons. The van der Waals surface area contributed by atoms with Gasteiger partial charge < -0.3 is 23.9 Å². The summed E-state index contributed by atoms with van der Waals surface area (Å²) in [5.41, 5.74) is 7.43. The zero-order valence-electron chi connectivity index (χ0n) is 18.6. The lowest BCUT2D eigenvalue weighted by atomic mass is 9.90. The molecule has 2 aliphatic heterocycles. The Morgan fingerprint density at radius 3 is 2.68 bits per heavy atom. The van der Waals surface area contributed by atoms with Gasteiger partial charge in [0.15, 0.2) is 5.79 Å². The van der Waals surface area contributed by atoms with Gasteiger partial charge in [-0.25, -0.2) is 0 Å². The van der Waals surface area contributed by atoms with E-state index in [1.54, 1.807) is 14.2 Å². The van der Waals surface area contributed by atoms with Crippen LogP contribution in [0.4, 0.5) is 0 Å². The summed E-state index contributed by atoms with van der Waals surface area (Å²) in [6.45, 7) is 3.27. The number of aryl methyl sites for hydroxylation is 1. The second kappa shape index (κ2) is 8.40. The van der Waals surface area contributed by atoms with Gasteiger partial charge in [-0.15, -0.1) is 0 Å². The molecule has 0 aliphatic carbocycles. The van der Waals surface area contributed by atoms with Crippen LogP contribution in [0.2, 0.25) is 0 Å². The van der Waals surface area contributed by atoms with Gasteiger partial charge in [-0.3, -0.25) is 0 Å². The maximum absolute atomic E-state index is 6.51. The Kier molecular flexibility index (Phi) is 5.61. The van der Waals surface area contributed by atoms with Crippen molar-refractivity contribution in [3.8, 4) is 0 Å². The molecule has 5 heteroatoms. The summed E-state index contributed by atoms with van der Waals surface area (Å²) < 4.78 is 23.9. The monoisotopic (exact) mass is 421 g/mol. The van der Waals surface area contributed by atoms with Crippen molar-refractivity contribution in [3.63, 3.8) is 0 Å². The fraction of sp³-hybridized carbons (Fsp3) is 0.462. The van der Waals surface area contributed by atoms with Crippen molar-refractivity contribution in [2.45, 2.75) is 57.2 Å². The zero-order chi connectivity index (χ0) is 21.4. The molecule has 3 aromatic rings. The van der Waals surface area contributed by atoms with Crippen molar-refractivity contribution in [1.29, 1.82) is 0 Å². The molecule has 1 spiro atoms. The number of rotatable bonds is 6. The van der Waals surface area contributed by atoms with E-state index >= 15 is 0 Å². The third-order valence-electron chi connectivity index (χ3n) is 6.75. The highest BCUT2D eigenvalue weighted by molar-refractivity contribution is 5.85. The van der Waals surface area contributed by atoms with Crippen LogP contribution in [0.1, 0.15) is 47.6 Å². The Balaban J connectivity index is 1.50. The largest absolute Gasteiger partial charge is 0.382 e. The topological polar surface area (TPSA) is 52.7 Å². The molecule has 31 heavy (non-hydrogen) atoms. The van der Waals surface area contributed by atoms with Crippen LogP contribution in [-0.2, 0) is 44.2 Å². The van der Waals surface area contributed by atoms with Crippen molar-refractivity contribution in [2.75, 3.05) is 20.8 Å². The molecule has 1 saturated heterocycles. The van der Waals surface area contributed by atoms with E-state index in [9.17, 15) is 0 Å². The summed E-state index contributed by atoms with van der Waals surface area (Å²) in [4.78, 5) is 3.46. The molecule has 0 saturated carbocycles. The van der Waals surface area contributed by atoms with Crippen LogP contribution in [0.5, 0.6) is 0 Å². The van der Waals surface area contributed by atoms with Gasteiger partial charge in [-0.2, -0.15) is 0 Å². The lowest BCUT2D eigenvalue weighted by Crippen LogP contribution is -2.46. The minimum Gasteiger partial charge on any atom is -0.382 e. The molecular formula is C26H31NO4. The molecule has 1 aromatic heterocycles. The molecule has 1 N–H and O–H groups in total. The molecule has 1 fully saturated rings. The number of aromatic amines is 1. The normalized spacial score (nSPS) is 25.4. The molecule has 0 radical (unpaired) electrons. The summed E-state index contributed by atoms with van der Waals surface area (Å²) in [6.07, 6.45) is 5.63. The summed E-state index contributed by atoms with van der Waals surface area (Å²) in [5.74, 6) is -0.761. The van der Waals surface area contributed by atoms with Crippen LogP contribution in [0.15, 0.2) is 42.6 Å². The highest BCUT2D eigenvalue weighted by atomic mass is 16.7. The van der Waals surface area contributed by atoms with E-state index in [4.69, 9.17) is 18.9 Å². The van der Waals surface area contributed by atoms with Crippen LogP contribution in [-0.4, -0.2) is 38.0 Å². The van der Waals surface area contributed by atoms with E-state index in [1.165, 1.54) is 27.6 Å². The molecule has 0 bridgehead atoms. The lowest BCUT2D eigenvalue weighted by Gasteiger charge is -2.41. The number of methoxy groups -OCH3 is 2. The van der Waals surface area contributed by atoms with Crippen molar-refractivity contribution < 1.29 is 18.9 Å². The van der Waals surface area contributed by atoms with Gasteiger partial charge in [0.05, 0.1) is 25.4 Å². The molecule has 5 nitrogen and oxygen atoms in total. The van der Waals surface area contributed by atoms with Gasteiger partial charge in [-0.1, -0.05) is 31.2 Å². The molecular weight excluding hydrogens is 390 g/mol. The van der Waals surface area contributed by atoms with Crippen molar-refractivity contribution in [3.05, 3.63) is 70.4 Å². The third-order valence-corrected chi connectivity index (χ3v) is 6.75. The van der Waals surface area contributed by atoms with Gasteiger partial charge in [0.25, 0.3) is 0 Å². The van der Waals surface area contributed by atoms with Gasteiger partial charge in [-0.05, 0) is 47.2 Å². The van der Waals surface area contributed by atoms with E-state index in [-0.39, 0.29) is 12.2 Å². The van der Waals surface area contributed by atoms with Gasteiger partial charge >= 0.3 is 0 Å². The summed E-state index contributed by atoms with van der Waals surface area (Å²) in [5, 5.41) is 1.23. The Bertz CT molecular complexity index is 1060. The number of hydrogen-bond donors (Lipinski definition) is 1. The zero-order valence-corrected chi connectivity index (χ0v) is 18.6. The van der Waals surface area contributed by atoms with Crippen molar-refractivity contribution in [1.82, 2.24) is 4.98 Å². The van der Waals surface area contributed by atoms with Crippen molar-refractivity contribution in [2.24, 2.45) is 0 Å². The minimum absolute atomic E-state index is 0.0480. The molecule has 0 amide bonds. The first-order chi connectivity index (χ1) is 15.1. The summed E-state index contributed by atoms with van der Waals surface area (Å²) in [7, 11) is 3.47. The highest BCUT2D eigenvalue weighted by Crippen LogP contribution is 2.47. The predicted molar refractivity (Wildman–Crippen MR) is 120 cm³/mol. The first-order valence-corrected chi connectivity index (χ1v) is 11.2. The fourth-order valence-electron chi connectivity index (χ4n) is 5.05. The first kappa shape index (κ1) is 20.7. The lowest BCUT2D eigenvalue weighted by molar-refractivity contribution is -0.305. The number of fused-ring (bicyclic) bond motifs is 3. The van der Waals surface area contributed by atoms with Gasteiger partial charge in [0.1, 0.15) is 0 Å². The number of ether oxygens (including phenoxy) is 4. The number of nitrogens with one attached hydrogen (secondary N) is 1. The summed E-state index contributed by atoms with van der Waals surface area (Å²) in [6, 6.07) is 13.4. The quantitative estimate of drug-likeness (QED) is 0.619. The van der Waals surface area contributed by atoms with Crippen LogP contribution in [0.25, 0.3) is 10.9 Å². The predicted octanol–water partition coefficient (Wildman–Crippen LogP) is 4.84. The number of benzene rings is 2. The van der Waals surface area contributed by atoms with Crippen LogP contribution in [0, 0.1) is 0 Å². The second-order valence-corrected chi connectivity index (χ2v) is 8.75. The molecule has 2 aliphatic rings. The summed E-state index contributed by atoms with van der Waals surface area (Å²) >= 11 is 0. The van der Waals surface area contributed by atoms with E-state index in [0.717, 1.165) is 30.3 Å². The fourth-order valence-corrected chi connectivity index (χ4v) is 5.05. The average Bonchev–Trinajstić information content (AvgIpc) is 3.34. The minimum atomic E-state index is -0.761. The molecule has 5 rings (SSSR count). The third kappa shape index (κ3) is 3.80. The Labute approximate surface area is 183 Å². The SMILES string of the molecule is CCc1ccc(Cc2c[nH]c3cc4c(cc23)[C@]2(CC(OC)C[C@@H](COC)O2)OC4)cc1. The molecule has 3 atom stereocenters. The molecule has 1 unspecified atom stereocenters. The Morgan fingerprint density at radius 2 is 1.94 bits per heavy atom. The second-order valence-electron chi connectivity index (χ2n) is 8.75. The molecule has 2 aromatic carbocycles. The maximum atomic E-state index is 6.51. The Hall–Kier alpha value is -2.18. The maximum Gasteiger partial charge on any atom is 0.198 e. The van der Waals surface area contributed by atoms with E-state index in [1.807, 2.05) is 0 Å². The first-order valence-electron chi connectivity index (χ1n) is 11.2. The number of aromatic nitrogens is 1. The van der Waals surface area contributed by atoms with Gasteiger partial charge in [0.2, 0.25) is 0 Å². The molecule has 3 heterocycles. The number of H-pyrrole nitrogens is 1. The van der Waals surface area contributed by atoms with Crippen LogP contribution < -0.4 is 0 Å². The van der Waals surface area contributed by atoms with Crippen LogP contribution in [0.3, 0.4) is 0 Å². The Morgan fingerprint density at radius 1 is 1.13 bits per heavy atom. The van der Waals surface area contributed by atoms with Gasteiger partial charge in [0, 0.05) is 49.7 Å². The smallest absolute Gasteiger partial charge is 0.198 e. The van der Waals surface area contributed by atoms with Crippen LogP contribution >= 0.6 is 0 Å². The standard InChI is InChI=1S/C26H31NO4/c1-4-17-5-7-18(8-6-17)9-19-14-27-25-10-20-15-30-26(24(20)12-23(19)25)13-21(29-3)11-22(31-26)16-28-2/h5-8,10,12,14,21-22,27H,4,9,11,13,15-16H2,1-3H3/t21?,22-,26+/m0/s1. The van der Waals surface area contributed by atoms with E-state index in [0.29, 0.717) is 19.6 Å². The van der Waals surface area contributed by atoms with E-state index < -0.39 is 5.79 Å². The van der Waals surface area contributed by atoms with Crippen molar-refractivity contribution >= 4 is 10.9 Å². The number of hydrogen-bond acceptors (Lipinski definition) is 4. The highest BCUT2D eigenvalue weighted by Gasteiger charge is 2.48. The van der Waals surface area contributed by atoms with E-state index in [2.05, 4.69) is 54.5 Å². The average molecular weight is 422 g/mol.